The first-order chi connectivity index (χ1) is 8.27. The van der Waals surface area contributed by atoms with Crippen molar-refractivity contribution in [3.63, 3.8) is 0 Å². The van der Waals surface area contributed by atoms with Crippen molar-refractivity contribution in [2.24, 2.45) is 0 Å². The van der Waals surface area contributed by atoms with Crippen molar-refractivity contribution in [3.05, 3.63) is 0 Å². The molecule has 3 heteroatoms. The molecule has 0 spiro atoms. The zero-order valence-corrected chi connectivity index (χ0v) is 11.3. The van der Waals surface area contributed by atoms with Crippen molar-refractivity contribution in [2.45, 2.75) is 70.6 Å². The van der Waals surface area contributed by atoms with E-state index >= 15 is 0 Å². The number of carbonyl (C=O) groups is 1. The zero-order valence-electron chi connectivity index (χ0n) is 11.3. The Morgan fingerprint density at radius 1 is 0.824 bits per heavy atom. The molecule has 0 heterocycles. The van der Waals surface area contributed by atoms with Crippen LogP contribution >= 0.6 is 0 Å². The lowest BCUT2D eigenvalue weighted by atomic mass is 10.1. The summed E-state index contributed by atoms with van der Waals surface area (Å²) in [5.74, 6) is -0.661. The van der Waals surface area contributed by atoms with Crippen LogP contribution in [0.15, 0.2) is 0 Å². The summed E-state index contributed by atoms with van der Waals surface area (Å²) in [5, 5.41) is 11.6. The van der Waals surface area contributed by atoms with Gasteiger partial charge >= 0.3 is 5.97 Å². The summed E-state index contributed by atoms with van der Waals surface area (Å²) in [6, 6.07) is 0. The minimum Gasteiger partial charge on any atom is -0.481 e. The van der Waals surface area contributed by atoms with E-state index in [0.717, 1.165) is 19.4 Å². The predicted octanol–water partition coefficient (Wildman–Crippen LogP) is 3.58. The van der Waals surface area contributed by atoms with Gasteiger partial charge in [-0.15, -0.1) is 0 Å². The largest absolute Gasteiger partial charge is 0.481 e. The molecule has 0 amide bonds. The molecule has 0 aromatic heterocycles. The molecule has 0 aromatic carbocycles. The standard InChI is InChI=1S/C14H29NO2/c1-15-13-11-9-7-5-3-2-4-6-8-10-12-14(16)17/h15H,2-13H2,1H3,(H,16,17). The Bertz CT molecular complexity index is 172. The number of rotatable bonds is 13. The Morgan fingerprint density at radius 3 is 1.65 bits per heavy atom. The fraction of sp³-hybridized carbons (Fsp3) is 0.929. The summed E-state index contributed by atoms with van der Waals surface area (Å²) in [4.78, 5) is 10.3. The topological polar surface area (TPSA) is 49.3 Å². The van der Waals surface area contributed by atoms with E-state index in [0.29, 0.717) is 6.42 Å². The third kappa shape index (κ3) is 15.4. The maximum absolute atomic E-state index is 10.3. The normalized spacial score (nSPS) is 10.6. The van der Waals surface area contributed by atoms with E-state index in [4.69, 9.17) is 5.11 Å². The summed E-state index contributed by atoms with van der Waals surface area (Å²) >= 11 is 0. The highest BCUT2D eigenvalue weighted by molar-refractivity contribution is 5.66. The molecular weight excluding hydrogens is 214 g/mol. The van der Waals surface area contributed by atoms with Crippen LogP contribution in [0.5, 0.6) is 0 Å². The molecule has 0 unspecified atom stereocenters. The first kappa shape index (κ1) is 16.4. The van der Waals surface area contributed by atoms with Crippen LogP contribution in [0.25, 0.3) is 0 Å². The van der Waals surface area contributed by atoms with E-state index in [1.54, 1.807) is 0 Å². The van der Waals surface area contributed by atoms with Gasteiger partial charge in [0.25, 0.3) is 0 Å². The van der Waals surface area contributed by atoms with Gasteiger partial charge in [-0.25, -0.2) is 0 Å². The monoisotopic (exact) mass is 243 g/mol. The molecule has 3 nitrogen and oxygen atoms in total. The van der Waals surface area contributed by atoms with Crippen LogP contribution in [0.3, 0.4) is 0 Å². The molecule has 0 bridgehead atoms. The van der Waals surface area contributed by atoms with E-state index in [-0.39, 0.29) is 0 Å². The van der Waals surface area contributed by atoms with Gasteiger partial charge in [0.05, 0.1) is 0 Å². The molecule has 0 aliphatic carbocycles. The lowest BCUT2D eigenvalue weighted by molar-refractivity contribution is -0.137. The van der Waals surface area contributed by atoms with Crippen molar-refractivity contribution >= 4 is 5.97 Å². The van der Waals surface area contributed by atoms with Gasteiger partial charge in [0, 0.05) is 6.42 Å². The molecule has 0 aliphatic heterocycles. The first-order valence-corrected chi connectivity index (χ1v) is 7.13. The third-order valence-corrected chi connectivity index (χ3v) is 3.07. The van der Waals surface area contributed by atoms with Gasteiger partial charge in [0.1, 0.15) is 0 Å². The molecule has 0 aliphatic rings. The van der Waals surface area contributed by atoms with E-state index in [1.807, 2.05) is 7.05 Å². The van der Waals surface area contributed by atoms with Crippen LogP contribution in [0.4, 0.5) is 0 Å². The Morgan fingerprint density at radius 2 is 1.24 bits per heavy atom. The molecule has 2 N–H and O–H groups in total. The molecule has 0 radical (unpaired) electrons. The van der Waals surface area contributed by atoms with Crippen molar-refractivity contribution < 1.29 is 9.90 Å². The van der Waals surface area contributed by atoms with Gasteiger partial charge in [-0.05, 0) is 26.4 Å². The lowest BCUT2D eigenvalue weighted by Crippen LogP contribution is -2.06. The first-order valence-electron chi connectivity index (χ1n) is 7.13. The van der Waals surface area contributed by atoms with Gasteiger partial charge in [-0.2, -0.15) is 0 Å². The maximum atomic E-state index is 10.3. The fourth-order valence-corrected chi connectivity index (χ4v) is 1.99. The molecule has 0 saturated carbocycles. The number of carboxylic acids is 1. The molecule has 102 valence electrons. The number of hydrogen-bond acceptors (Lipinski definition) is 2. The van der Waals surface area contributed by atoms with Crippen LogP contribution < -0.4 is 5.32 Å². The Kier molecular flexibility index (Phi) is 13.0. The van der Waals surface area contributed by atoms with Gasteiger partial charge in [-0.1, -0.05) is 51.4 Å². The lowest BCUT2D eigenvalue weighted by Gasteiger charge is -2.02. The fourth-order valence-electron chi connectivity index (χ4n) is 1.99. The molecule has 0 atom stereocenters. The van der Waals surface area contributed by atoms with E-state index < -0.39 is 5.97 Å². The van der Waals surface area contributed by atoms with Crippen molar-refractivity contribution in [2.75, 3.05) is 13.6 Å². The highest BCUT2D eigenvalue weighted by Gasteiger charge is 1.96. The predicted molar refractivity (Wildman–Crippen MR) is 72.3 cm³/mol. The maximum Gasteiger partial charge on any atom is 0.303 e. The molecule has 0 aromatic rings. The summed E-state index contributed by atoms with van der Waals surface area (Å²) in [5.41, 5.74) is 0. The summed E-state index contributed by atoms with van der Waals surface area (Å²) in [7, 11) is 2.00. The van der Waals surface area contributed by atoms with E-state index in [1.165, 1.54) is 51.4 Å². The Balaban J connectivity index is 2.91. The van der Waals surface area contributed by atoms with E-state index in [2.05, 4.69) is 5.32 Å². The van der Waals surface area contributed by atoms with Gasteiger partial charge in [0.2, 0.25) is 0 Å². The zero-order chi connectivity index (χ0) is 12.8. The van der Waals surface area contributed by atoms with Crippen LogP contribution in [-0.2, 0) is 4.79 Å². The van der Waals surface area contributed by atoms with Gasteiger partial charge in [-0.3, -0.25) is 4.79 Å². The Labute approximate surface area is 106 Å². The molecule has 0 saturated heterocycles. The molecular formula is C14H29NO2. The number of carboxylic acid groups (broad SMARTS) is 1. The minimum atomic E-state index is -0.661. The van der Waals surface area contributed by atoms with E-state index in [9.17, 15) is 4.79 Å². The second-order valence-corrected chi connectivity index (χ2v) is 4.78. The highest BCUT2D eigenvalue weighted by atomic mass is 16.4. The quantitative estimate of drug-likeness (QED) is 0.486. The second kappa shape index (κ2) is 13.5. The third-order valence-electron chi connectivity index (χ3n) is 3.07. The van der Waals surface area contributed by atoms with Gasteiger partial charge < -0.3 is 10.4 Å². The van der Waals surface area contributed by atoms with Crippen LogP contribution in [0, 0.1) is 0 Å². The van der Waals surface area contributed by atoms with Crippen molar-refractivity contribution in [1.82, 2.24) is 5.32 Å². The van der Waals surface area contributed by atoms with Crippen molar-refractivity contribution in [1.29, 1.82) is 0 Å². The summed E-state index contributed by atoms with van der Waals surface area (Å²) in [6.45, 7) is 1.14. The number of unbranched alkanes of at least 4 members (excludes halogenated alkanes) is 9. The average Bonchev–Trinajstić information content (AvgIpc) is 2.30. The summed E-state index contributed by atoms with van der Waals surface area (Å²) in [6.07, 6.45) is 12.8. The Hall–Kier alpha value is -0.570. The highest BCUT2D eigenvalue weighted by Crippen LogP contribution is 2.11. The van der Waals surface area contributed by atoms with Gasteiger partial charge in [0.15, 0.2) is 0 Å². The number of aliphatic carboxylic acids is 1. The van der Waals surface area contributed by atoms with Crippen LogP contribution in [0.1, 0.15) is 70.6 Å². The van der Waals surface area contributed by atoms with Crippen LogP contribution in [-0.4, -0.2) is 24.7 Å². The second-order valence-electron chi connectivity index (χ2n) is 4.78. The minimum absolute atomic E-state index is 0.339. The number of nitrogens with one attached hydrogen (secondary N) is 1. The average molecular weight is 243 g/mol. The molecule has 0 fully saturated rings. The molecule has 17 heavy (non-hydrogen) atoms. The molecule has 0 rings (SSSR count). The summed E-state index contributed by atoms with van der Waals surface area (Å²) < 4.78 is 0. The number of hydrogen-bond donors (Lipinski definition) is 2. The SMILES string of the molecule is CNCCCCCCCCCCCCC(=O)O. The van der Waals surface area contributed by atoms with Crippen molar-refractivity contribution in [3.8, 4) is 0 Å². The van der Waals surface area contributed by atoms with Crippen LogP contribution in [0.2, 0.25) is 0 Å². The smallest absolute Gasteiger partial charge is 0.303 e.